The third kappa shape index (κ3) is 1.63. The molecule has 4 heteroatoms. The van der Waals surface area contributed by atoms with Crippen LogP contribution in [0.2, 0.25) is 0 Å². The average molecular weight is 303 g/mol. The van der Waals surface area contributed by atoms with Crippen molar-refractivity contribution in [3.05, 3.63) is 39.4 Å². The van der Waals surface area contributed by atoms with E-state index >= 15 is 0 Å². The van der Waals surface area contributed by atoms with E-state index in [0.29, 0.717) is 11.6 Å². The Kier molecular flexibility index (Phi) is 2.71. The van der Waals surface area contributed by atoms with Gasteiger partial charge in [-0.2, -0.15) is 0 Å². The summed E-state index contributed by atoms with van der Waals surface area (Å²) in [5.41, 5.74) is 2.43. The van der Waals surface area contributed by atoms with E-state index in [2.05, 4.69) is 22.6 Å². The van der Waals surface area contributed by atoms with Gasteiger partial charge in [-0.05, 0) is 24.3 Å². The van der Waals surface area contributed by atoms with E-state index in [0.717, 1.165) is 22.8 Å². The highest BCUT2D eigenvalue weighted by molar-refractivity contribution is 14.1. The van der Waals surface area contributed by atoms with E-state index in [-0.39, 0.29) is 4.92 Å². The number of nitro benzene ring substituents is 1. The van der Waals surface area contributed by atoms with Gasteiger partial charge in [0.2, 0.25) is 0 Å². The van der Waals surface area contributed by atoms with Crippen LogP contribution < -0.4 is 0 Å². The molecule has 0 amide bonds. The average Bonchev–Trinajstić information content (AvgIpc) is 2.59. The Labute approximate surface area is 95.8 Å². The minimum absolute atomic E-state index is 0.269. The van der Waals surface area contributed by atoms with Crippen LogP contribution in [-0.2, 0) is 12.8 Å². The van der Waals surface area contributed by atoms with Gasteiger partial charge in [-0.1, -0.05) is 34.7 Å². The molecule has 0 bridgehead atoms. The van der Waals surface area contributed by atoms with Gasteiger partial charge in [0.15, 0.2) is 0 Å². The maximum atomic E-state index is 10.8. The van der Waals surface area contributed by atoms with Crippen molar-refractivity contribution in [2.24, 2.45) is 5.92 Å². The summed E-state index contributed by atoms with van der Waals surface area (Å²) < 4.78 is 1.07. The third-order valence-electron chi connectivity index (χ3n) is 2.66. The summed E-state index contributed by atoms with van der Waals surface area (Å²) in [5, 5.41) is 10.8. The second kappa shape index (κ2) is 3.84. The highest BCUT2D eigenvalue weighted by Gasteiger charge is 2.27. The number of hydrogen-bond acceptors (Lipinski definition) is 2. The molecule has 1 aliphatic carbocycles. The number of nitro groups is 1. The van der Waals surface area contributed by atoms with Gasteiger partial charge in [-0.25, -0.2) is 0 Å². The summed E-state index contributed by atoms with van der Waals surface area (Å²) in [6.07, 6.45) is 1.87. The Morgan fingerprint density at radius 1 is 1.50 bits per heavy atom. The Balaban J connectivity index is 2.41. The Hall–Kier alpha value is -0.650. The molecule has 3 nitrogen and oxygen atoms in total. The van der Waals surface area contributed by atoms with Crippen LogP contribution in [0.4, 0.5) is 5.69 Å². The number of fused-ring (bicyclic) bond motifs is 1. The highest BCUT2D eigenvalue weighted by atomic mass is 127. The van der Waals surface area contributed by atoms with Crippen molar-refractivity contribution in [1.82, 2.24) is 0 Å². The quantitative estimate of drug-likeness (QED) is 0.365. The fourth-order valence-corrected chi connectivity index (χ4v) is 2.62. The molecule has 2 rings (SSSR count). The van der Waals surface area contributed by atoms with Crippen molar-refractivity contribution in [3.63, 3.8) is 0 Å². The largest absolute Gasteiger partial charge is 0.272 e. The molecule has 0 saturated carbocycles. The predicted octanol–water partition coefficient (Wildman–Crippen LogP) is 2.74. The molecule has 0 N–H and O–H groups in total. The van der Waals surface area contributed by atoms with Crippen LogP contribution >= 0.6 is 22.6 Å². The van der Waals surface area contributed by atoms with E-state index in [1.165, 1.54) is 5.56 Å². The van der Waals surface area contributed by atoms with E-state index in [4.69, 9.17) is 0 Å². The molecule has 1 aromatic rings. The van der Waals surface area contributed by atoms with Crippen LogP contribution in [0.1, 0.15) is 11.1 Å². The van der Waals surface area contributed by atoms with Gasteiger partial charge in [0, 0.05) is 16.1 Å². The molecule has 0 aliphatic heterocycles. The van der Waals surface area contributed by atoms with Gasteiger partial charge in [0.1, 0.15) is 0 Å². The fraction of sp³-hybridized carbons (Fsp3) is 0.400. The van der Waals surface area contributed by atoms with Crippen molar-refractivity contribution < 1.29 is 4.92 Å². The van der Waals surface area contributed by atoms with E-state index in [1.54, 1.807) is 12.1 Å². The summed E-state index contributed by atoms with van der Waals surface area (Å²) in [4.78, 5) is 10.5. The van der Waals surface area contributed by atoms with Crippen molar-refractivity contribution in [2.45, 2.75) is 12.8 Å². The van der Waals surface area contributed by atoms with E-state index in [1.807, 2.05) is 6.07 Å². The summed E-state index contributed by atoms with van der Waals surface area (Å²) in [6.45, 7) is 0. The maximum absolute atomic E-state index is 10.8. The molecule has 14 heavy (non-hydrogen) atoms. The van der Waals surface area contributed by atoms with Gasteiger partial charge >= 0.3 is 0 Å². The van der Waals surface area contributed by atoms with Crippen molar-refractivity contribution in [3.8, 4) is 0 Å². The number of hydrogen-bond donors (Lipinski definition) is 0. The van der Waals surface area contributed by atoms with Crippen molar-refractivity contribution in [2.75, 3.05) is 4.43 Å². The third-order valence-corrected chi connectivity index (χ3v) is 3.91. The number of halogens is 1. The number of rotatable bonds is 2. The van der Waals surface area contributed by atoms with E-state index < -0.39 is 0 Å². The minimum atomic E-state index is -0.269. The smallest absolute Gasteiger partial charge is 0.258 e. The molecule has 0 aromatic heterocycles. The first-order valence-electron chi connectivity index (χ1n) is 4.53. The SMILES string of the molecule is O=[N+]([O-])c1cccc2c1C[C@H](CI)C2. The molecule has 1 atom stereocenters. The van der Waals surface area contributed by atoms with Gasteiger partial charge < -0.3 is 0 Å². The predicted molar refractivity (Wildman–Crippen MR) is 62.9 cm³/mol. The molecule has 0 saturated heterocycles. The number of benzene rings is 1. The summed E-state index contributed by atoms with van der Waals surface area (Å²) in [6, 6.07) is 5.40. The molecular weight excluding hydrogens is 293 g/mol. The molecular formula is C10H10INO2. The standard InChI is InChI=1S/C10H10INO2/c11-6-7-4-8-2-1-3-10(12(13)14)9(8)5-7/h1-3,7H,4-6H2/t7-/m1/s1. The zero-order valence-electron chi connectivity index (χ0n) is 7.57. The number of alkyl halides is 1. The maximum Gasteiger partial charge on any atom is 0.272 e. The molecule has 74 valence electrons. The van der Waals surface area contributed by atoms with Gasteiger partial charge in [-0.15, -0.1) is 0 Å². The molecule has 0 heterocycles. The second-order valence-corrected chi connectivity index (χ2v) is 4.48. The number of nitrogens with zero attached hydrogens (tertiary/aromatic N) is 1. The molecule has 0 unspecified atom stereocenters. The lowest BCUT2D eigenvalue weighted by Crippen LogP contribution is -2.00. The van der Waals surface area contributed by atoms with Crippen molar-refractivity contribution >= 4 is 28.3 Å². The van der Waals surface area contributed by atoms with Gasteiger partial charge in [0.25, 0.3) is 5.69 Å². The van der Waals surface area contributed by atoms with Crippen LogP contribution in [0.3, 0.4) is 0 Å². The zero-order valence-corrected chi connectivity index (χ0v) is 9.73. The lowest BCUT2D eigenvalue weighted by Gasteiger charge is -2.00. The van der Waals surface area contributed by atoms with Crippen LogP contribution in [0, 0.1) is 16.0 Å². The first kappa shape index (κ1) is 9.89. The molecule has 1 aliphatic rings. The first-order valence-corrected chi connectivity index (χ1v) is 6.06. The van der Waals surface area contributed by atoms with Gasteiger partial charge in [-0.3, -0.25) is 10.1 Å². The van der Waals surface area contributed by atoms with E-state index in [9.17, 15) is 10.1 Å². The summed E-state index contributed by atoms with van der Waals surface area (Å²) in [7, 11) is 0. The summed E-state index contributed by atoms with van der Waals surface area (Å²) in [5.74, 6) is 0.590. The lowest BCUT2D eigenvalue weighted by molar-refractivity contribution is -0.385. The summed E-state index contributed by atoms with van der Waals surface area (Å²) >= 11 is 2.35. The Bertz CT molecular complexity index is 378. The normalized spacial score (nSPS) is 19.4. The Morgan fingerprint density at radius 2 is 2.29 bits per heavy atom. The molecule has 0 fully saturated rings. The van der Waals surface area contributed by atoms with Crippen LogP contribution in [0.25, 0.3) is 0 Å². The Morgan fingerprint density at radius 3 is 2.93 bits per heavy atom. The van der Waals surface area contributed by atoms with Crippen LogP contribution in [0.5, 0.6) is 0 Å². The van der Waals surface area contributed by atoms with Crippen LogP contribution in [0.15, 0.2) is 18.2 Å². The topological polar surface area (TPSA) is 43.1 Å². The van der Waals surface area contributed by atoms with Gasteiger partial charge in [0.05, 0.1) is 4.92 Å². The minimum Gasteiger partial charge on any atom is -0.258 e. The lowest BCUT2D eigenvalue weighted by atomic mass is 10.1. The fourth-order valence-electron chi connectivity index (χ4n) is 2.00. The van der Waals surface area contributed by atoms with Crippen molar-refractivity contribution in [1.29, 1.82) is 0 Å². The van der Waals surface area contributed by atoms with Crippen LogP contribution in [-0.4, -0.2) is 9.35 Å². The zero-order chi connectivity index (χ0) is 10.1. The molecule has 0 spiro atoms. The molecule has 0 radical (unpaired) electrons. The first-order chi connectivity index (χ1) is 6.72. The second-order valence-electron chi connectivity index (χ2n) is 3.60. The molecule has 1 aromatic carbocycles. The highest BCUT2D eigenvalue weighted by Crippen LogP contribution is 2.34. The monoisotopic (exact) mass is 303 g/mol.